The molecule has 0 aliphatic rings. The number of halogens is 1. The van der Waals surface area contributed by atoms with Gasteiger partial charge in [-0.05, 0) is 18.5 Å². The number of Topliss-reactive ketones (excluding diaryl/α,β-unsaturated/α-hetero) is 1. The first kappa shape index (κ1) is 16.1. The molecule has 1 aromatic rings. The van der Waals surface area contributed by atoms with Gasteiger partial charge in [0.2, 0.25) is 0 Å². The molecule has 0 aliphatic heterocycles. The Bertz CT molecular complexity index is 304. The van der Waals surface area contributed by atoms with Gasteiger partial charge in [-0.1, -0.05) is 30.3 Å². The van der Waals surface area contributed by atoms with E-state index in [0.29, 0.717) is 32.6 Å². The van der Waals surface area contributed by atoms with Crippen molar-refractivity contribution in [2.45, 2.75) is 25.9 Å². The molecule has 0 amide bonds. The average molecular weight is 258 g/mol. The van der Waals surface area contributed by atoms with Gasteiger partial charge in [0, 0.05) is 19.4 Å². The molecule has 1 rings (SSSR count). The molecule has 4 heteroatoms. The third-order valence-corrected chi connectivity index (χ3v) is 2.28. The van der Waals surface area contributed by atoms with Gasteiger partial charge in [-0.3, -0.25) is 4.79 Å². The van der Waals surface area contributed by atoms with Crippen LogP contribution >= 0.6 is 12.4 Å². The molecule has 0 fully saturated rings. The fraction of sp³-hybridized carbons (Fsp3) is 0.462. The molecule has 17 heavy (non-hydrogen) atoms. The first-order valence-corrected chi connectivity index (χ1v) is 5.66. The lowest BCUT2D eigenvalue weighted by Gasteiger charge is -2.03. The second-order valence-corrected chi connectivity index (χ2v) is 3.72. The van der Waals surface area contributed by atoms with Gasteiger partial charge >= 0.3 is 0 Å². The van der Waals surface area contributed by atoms with E-state index in [1.807, 2.05) is 30.3 Å². The molecule has 96 valence electrons. The highest BCUT2D eigenvalue weighted by Gasteiger charge is 1.99. The van der Waals surface area contributed by atoms with Crippen LogP contribution in [0.5, 0.6) is 0 Å². The highest BCUT2D eigenvalue weighted by atomic mass is 35.5. The van der Waals surface area contributed by atoms with E-state index in [9.17, 15) is 4.79 Å². The fourth-order valence-electron chi connectivity index (χ4n) is 1.42. The Morgan fingerprint density at radius 2 is 1.88 bits per heavy atom. The number of carbonyl (C=O) groups is 1. The van der Waals surface area contributed by atoms with Gasteiger partial charge in [0.25, 0.3) is 0 Å². The Morgan fingerprint density at radius 1 is 1.18 bits per heavy atom. The van der Waals surface area contributed by atoms with E-state index in [1.54, 1.807) is 0 Å². The van der Waals surface area contributed by atoms with Gasteiger partial charge in [0.05, 0.1) is 6.61 Å². The van der Waals surface area contributed by atoms with Crippen molar-refractivity contribution >= 4 is 18.2 Å². The zero-order valence-electron chi connectivity index (χ0n) is 9.93. The zero-order valence-corrected chi connectivity index (χ0v) is 10.7. The number of rotatable bonds is 8. The third-order valence-electron chi connectivity index (χ3n) is 2.28. The van der Waals surface area contributed by atoms with E-state index in [4.69, 9.17) is 10.5 Å². The Labute approximate surface area is 109 Å². The van der Waals surface area contributed by atoms with Crippen molar-refractivity contribution in [3.05, 3.63) is 35.9 Å². The number of ether oxygens (including phenoxy) is 1. The van der Waals surface area contributed by atoms with Gasteiger partial charge in [-0.2, -0.15) is 0 Å². The summed E-state index contributed by atoms with van der Waals surface area (Å²) in [5.41, 5.74) is 6.45. The normalized spacial score (nSPS) is 9.71. The molecule has 0 radical (unpaired) electrons. The quantitative estimate of drug-likeness (QED) is 0.727. The van der Waals surface area contributed by atoms with Crippen LogP contribution in [0.15, 0.2) is 30.3 Å². The predicted octanol–water partition coefficient (Wildman–Crippen LogP) is 2.32. The van der Waals surface area contributed by atoms with E-state index in [1.165, 1.54) is 0 Å². The van der Waals surface area contributed by atoms with Crippen molar-refractivity contribution in [3.8, 4) is 0 Å². The Balaban J connectivity index is 0.00000256. The summed E-state index contributed by atoms with van der Waals surface area (Å²) in [6.45, 7) is 1.70. The van der Waals surface area contributed by atoms with Gasteiger partial charge < -0.3 is 10.5 Å². The number of ketones is 1. The van der Waals surface area contributed by atoms with Crippen molar-refractivity contribution < 1.29 is 9.53 Å². The van der Waals surface area contributed by atoms with Crippen molar-refractivity contribution in [2.24, 2.45) is 5.73 Å². The number of hydrogen-bond acceptors (Lipinski definition) is 3. The molecular formula is C13H20ClNO2. The number of benzene rings is 1. The third kappa shape index (κ3) is 7.91. The molecule has 0 spiro atoms. The van der Waals surface area contributed by atoms with Crippen molar-refractivity contribution in [1.82, 2.24) is 0 Å². The Morgan fingerprint density at radius 3 is 2.53 bits per heavy atom. The largest absolute Gasteiger partial charge is 0.377 e. The SMILES string of the molecule is Cl.NCCC(=O)CCCOCc1ccccc1. The maximum Gasteiger partial charge on any atom is 0.134 e. The van der Waals surface area contributed by atoms with Gasteiger partial charge in [0.15, 0.2) is 0 Å². The Kier molecular flexibility index (Phi) is 9.72. The summed E-state index contributed by atoms with van der Waals surface area (Å²) in [4.78, 5) is 11.1. The topological polar surface area (TPSA) is 52.3 Å². The van der Waals surface area contributed by atoms with Crippen LogP contribution in [0.25, 0.3) is 0 Å². The standard InChI is InChI=1S/C13H19NO2.ClH/c14-9-8-13(15)7-4-10-16-11-12-5-2-1-3-6-12;/h1-3,5-6H,4,7-11,14H2;1H. The second-order valence-electron chi connectivity index (χ2n) is 3.72. The van der Waals surface area contributed by atoms with Gasteiger partial charge in [-0.15, -0.1) is 12.4 Å². The van der Waals surface area contributed by atoms with Crippen LogP contribution in [-0.4, -0.2) is 18.9 Å². The minimum Gasteiger partial charge on any atom is -0.377 e. The maximum atomic E-state index is 11.1. The first-order valence-electron chi connectivity index (χ1n) is 5.66. The van der Waals surface area contributed by atoms with E-state index < -0.39 is 0 Å². The molecule has 0 atom stereocenters. The molecular weight excluding hydrogens is 238 g/mol. The van der Waals surface area contributed by atoms with Crippen LogP contribution in [0.2, 0.25) is 0 Å². The highest BCUT2D eigenvalue weighted by molar-refractivity contribution is 5.85. The summed E-state index contributed by atoms with van der Waals surface area (Å²) in [5.74, 6) is 0.228. The molecule has 1 aromatic carbocycles. The smallest absolute Gasteiger partial charge is 0.134 e. The Hall–Kier alpha value is -0.900. The number of hydrogen-bond donors (Lipinski definition) is 1. The molecule has 0 unspecified atom stereocenters. The minimum atomic E-state index is 0. The second kappa shape index (κ2) is 10.3. The van der Waals surface area contributed by atoms with Crippen LogP contribution < -0.4 is 5.73 Å². The van der Waals surface area contributed by atoms with E-state index >= 15 is 0 Å². The zero-order chi connectivity index (χ0) is 11.6. The van der Waals surface area contributed by atoms with E-state index in [-0.39, 0.29) is 18.2 Å². The molecule has 0 aliphatic carbocycles. The molecule has 0 aromatic heterocycles. The van der Waals surface area contributed by atoms with Crippen molar-refractivity contribution in [3.63, 3.8) is 0 Å². The molecule has 0 saturated carbocycles. The van der Waals surface area contributed by atoms with E-state index in [0.717, 1.165) is 12.0 Å². The van der Waals surface area contributed by atoms with Crippen molar-refractivity contribution in [2.75, 3.05) is 13.2 Å². The summed E-state index contributed by atoms with van der Waals surface area (Å²) in [5, 5.41) is 0. The average Bonchev–Trinajstić information content (AvgIpc) is 2.30. The van der Waals surface area contributed by atoms with E-state index in [2.05, 4.69) is 0 Å². The summed E-state index contributed by atoms with van der Waals surface area (Å²) < 4.78 is 5.46. The maximum absolute atomic E-state index is 11.1. The van der Waals surface area contributed by atoms with Crippen LogP contribution in [-0.2, 0) is 16.1 Å². The first-order chi connectivity index (χ1) is 7.83. The summed E-state index contributed by atoms with van der Waals surface area (Å²) >= 11 is 0. The lowest BCUT2D eigenvalue weighted by atomic mass is 10.2. The lowest BCUT2D eigenvalue weighted by Crippen LogP contribution is -2.08. The van der Waals surface area contributed by atoms with Crippen LogP contribution in [0.1, 0.15) is 24.8 Å². The van der Waals surface area contributed by atoms with Gasteiger partial charge in [0.1, 0.15) is 5.78 Å². The molecule has 0 bridgehead atoms. The minimum absolute atomic E-state index is 0. The van der Waals surface area contributed by atoms with Crippen LogP contribution in [0.4, 0.5) is 0 Å². The van der Waals surface area contributed by atoms with Gasteiger partial charge in [-0.25, -0.2) is 0 Å². The summed E-state index contributed by atoms with van der Waals surface area (Å²) in [7, 11) is 0. The summed E-state index contributed by atoms with van der Waals surface area (Å²) in [6, 6.07) is 10.0. The molecule has 0 saturated heterocycles. The molecule has 0 heterocycles. The van der Waals surface area contributed by atoms with Crippen LogP contribution in [0, 0.1) is 0 Å². The fourth-order valence-corrected chi connectivity index (χ4v) is 1.42. The molecule has 2 N–H and O–H groups in total. The highest BCUT2D eigenvalue weighted by Crippen LogP contribution is 2.02. The van der Waals surface area contributed by atoms with Crippen molar-refractivity contribution in [1.29, 1.82) is 0 Å². The summed E-state index contributed by atoms with van der Waals surface area (Å²) in [6.07, 6.45) is 1.84. The van der Waals surface area contributed by atoms with Crippen LogP contribution in [0.3, 0.4) is 0 Å². The predicted molar refractivity (Wildman–Crippen MR) is 71.3 cm³/mol. The monoisotopic (exact) mass is 257 g/mol. The molecule has 3 nitrogen and oxygen atoms in total. The number of carbonyl (C=O) groups excluding carboxylic acids is 1. The number of nitrogens with two attached hydrogens (primary N) is 1. The lowest BCUT2D eigenvalue weighted by molar-refractivity contribution is -0.119.